The molecule has 0 aromatic heterocycles. The molecule has 0 saturated heterocycles. The average molecular weight is 2140 g/mol. The topological polar surface area (TPSA) is 194 Å². The van der Waals surface area contributed by atoms with Crippen LogP contribution in [-0.4, -0.2) is 270 Å². The maximum Gasteiger partial charge on any atom is 0.0598 e. The fraction of sp³-hybridized carbons (Fsp3) is 0.968. The van der Waals surface area contributed by atoms with E-state index in [1.165, 1.54) is 122 Å². The average Bonchev–Trinajstić information content (AvgIpc) is 1.74. The minimum absolute atomic E-state index is 0. The molecule has 2 fully saturated rings. The monoisotopic (exact) mass is 2140 g/mol. The van der Waals surface area contributed by atoms with Crippen molar-refractivity contribution in [3.63, 3.8) is 0 Å². The molecule has 2 aliphatic carbocycles. The van der Waals surface area contributed by atoms with Gasteiger partial charge < -0.3 is 99.5 Å². The van der Waals surface area contributed by atoms with Gasteiger partial charge >= 0.3 is 0 Å². The predicted octanol–water partition coefficient (Wildman–Crippen LogP) is 38.1. The van der Waals surface area contributed by atoms with Gasteiger partial charge in [0.25, 0.3) is 0 Å². The van der Waals surface area contributed by atoms with Crippen LogP contribution >= 0.6 is 0 Å². The third kappa shape index (κ3) is 329. The van der Waals surface area contributed by atoms with Crippen molar-refractivity contribution < 1.29 is 99.5 Å². The van der Waals surface area contributed by atoms with E-state index in [0.717, 1.165) is 170 Å². The van der Waals surface area contributed by atoms with Gasteiger partial charge in [-0.15, -0.1) is 26.3 Å². The molecule has 147 heavy (non-hydrogen) atoms. The highest BCUT2D eigenvalue weighted by Gasteiger charge is 2.17. The van der Waals surface area contributed by atoms with E-state index < -0.39 is 0 Å². The minimum atomic E-state index is 0. The number of hydrogen-bond acceptors (Lipinski definition) is 21. The van der Waals surface area contributed by atoms with Crippen molar-refractivity contribution in [1.82, 2.24) is 0 Å². The Morgan fingerprint density at radius 1 is 0.224 bits per heavy atom. The second-order valence-corrected chi connectivity index (χ2v) is 37.6. The maximum atomic E-state index is 5.69. The molecule has 2 aliphatic rings. The van der Waals surface area contributed by atoms with Gasteiger partial charge in [-0.2, -0.15) is 0 Å². The Morgan fingerprint density at radius 3 is 0.605 bits per heavy atom. The van der Waals surface area contributed by atoms with Crippen LogP contribution in [-0.2, 0) is 99.5 Å². The molecule has 7 atom stereocenters. The van der Waals surface area contributed by atoms with Gasteiger partial charge in [-0.1, -0.05) is 155 Å². The van der Waals surface area contributed by atoms with Crippen LogP contribution < -0.4 is 0 Å². The second-order valence-electron chi connectivity index (χ2n) is 37.6. The highest BCUT2D eigenvalue weighted by molar-refractivity contribution is 4.68. The quantitative estimate of drug-likeness (QED) is 0.0412. The van der Waals surface area contributed by atoms with Crippen LogP contribution in [0.1, 0.15) is 541 Å². The Kier molecular flexibility index (Phi) is 260. The van der Waals surface area contributed by atoms with E-state index in [4.69, 9.17) is 94.7 Å². The lowest BCUT2D eigenvalue weighted by molar-refractivity contribution is -0.0118. The molecule has 21 heteroatoms. The summed E-state index contributed by atoms with van der Waals surface area (Å²) in [5.74, 6) is 0. The summed E-state index contributed by atoms with van der Waals surface area (Å²) in [6.45, 7) is 138. The van der Waals surface area contributed by atoms with Gasteiger partial charge in [0, 0.05) is 161 Å². The van der Waals surface area contributed by atoms with Crippen LogP contribution in [0.25, 0.3) is 0 Å². The molecule has 0 bridgehead atoms. The third-order valence-corrected chi connectivity index (χ3v) is 18.2. The first-order chi connectivity index (χ1) is 68.8. The molecule has 2 saturated carbocycles. The van der Waals surface area contributed by atoms with Crippen LogP contribution in [0.3, 0.4) is 0 Å². The Bertz CT molecular complexity index is 1740. The zero-order valence-electron chi connectivity index (χ0n) is 111. The molecule has 0 radical (unpaired) electrons. The predicted molar refractivity (Wildman–Crippen MR) is 661 cm³/mol. The molecular weight excluding hydrogens is 1850 g/mol. The first-order valence-electron chi connectivity index (χ1n) is 59.2. The second kappa shape index (κ2) is 192. The largest absolute Gasteiger partial charge is 0.385 e. The van der Waals surface area contributed by atoms with Gasteiger partial charge in [0.15, 0.2) is 0 Å². The molecule has 7 unspecified atom stereocenters. The lowest BCUT2D eigenvalue weighted by Gasteiger charge is -2.23. The van der Waals surface area contributed by atoms with Crippen LogP contribution in [0.4, 0.5) is 0 Å². The van der Waals surface area contributed by atoms with Gasteiger partial charge in [0.2, 0.25) is 0 Å². The highest BCUT2D eigenvalue weighted by atomic mass is 16.5. The van der Waals surface area contributed by atoms with Crippen molar-refractivity contribution in [2.45, 2.75) is 650 Å². The SMILES string of the molecule is C.C=C.C=C.CC(C)OC1CCCC1.CC(C)OC1CCCCC1.CCC(C)OC.CCCC(C)OC.CCCCOC(C)CCC.CCCCOCC.CCCOC(C)CC.CCCOC(C)CCC.CCCOCC.CCOC.CCOC(C)(C)C.CCOC(C)C.CCOC(C)C.CCOC(C)C.CCOC(C)C.CCOC(C)CC.CCOC(C)CC.CCOCC.CCOCC.COC(C)(C)C.COC(C)C. The molecule has 0 amide bonds. The number of ether oxygens (including phenoxy) is 21. The molecule has 0 heterocycles. The van der Waals surface area contributed by atoms with E-state index in [0.29, 0.717) is 97.7 Å². The van der Waals surface area contributed by atoms with Crippen LogP contribution in [0.15, 0.2) is 26.3 Å². The molecular formula is C126H292O21. The lowest BCUT2D eigenvalue weighted by Crippen LogP contribution is -2.20. The molecule has 2 rings (SSSR count). The van der Waals surface area contributed by atoms with Gasteiger partial charge in [0.05, 0.1) is 109 Å². The zero-order chi connectivity index (χ0) is 119. The summed E-state index contributed by atoms with van der Waals surface area (Å²) in [7, 11) is 8.57. The van der Waals surface area contributed by atoms with Crippen molar-refractivity contribution in [3.8, 4) is 0 Å². The van der Waals surface area contributed by atoms with Crippen LogP contribution in [0.2, 0.25) is 0 Å². The molecule has 0 aromatic carbocycles. The van der Waals surface area contributed by atoms with E-state index in [-0.39, 0.29) is 18.6 Å². The summed E-state index contributed by atoms with van der Waals surface area (Å²) >= 11 is 0. The number of methoxy groups -OCH3 is 5. The Labute approximate surface area is 931 Å². The zero-order valence-corrected chi connectivity index (χ0v) is 111. The third-order valence-electron chi connectivity index (χ3n) is 18.2. The van der Waals surface area contributed by atoms with E-state index in [1.54, 1.807) is 35.5 Å². The summed E-state index contributed by atoms with van der Waals surface area (Å²) in [5.41, 5.74) is 0.0920. The summed E-state index contributed by atoms with van der Waals surface area (Å²) in [6, 6.07) is 0. The standard InChI is InChI=1S/C9H18O.C9H20O.C8H16O.C8H18O.C7H16O.5C6H14O.7C5H12O.3C4H10O.C3H8O.2C2H4.CH4/c1-8(2)10-9-6-4-3-5-7-9;1-4-6-8-10-9(3)7-5-2;1-7(2)9-8-5-3-4-6-8;1-4-6-8(3)9-7-5-2;1-4-6-8-7(3)5-2;1-5-7-6(2,3)4;1-4-5-6(2)7-3;2*1-4-6(3)7-5-2;1-3-5-6-7-4-2;1-5(2,3)6-4;1-4-5(2)6-3;4*1-4-6-5(2)3;1-3-5-6-4-2;1-4(2)5-3;2*1-3-5-4-2;1-3-4-2;2*1-2;/h8-9H,3-7H2,1-2H3;9H,4-8H2,1-3H3;7-8H,3-6H2,1-2H3;8H,4-7H2,1-3H3;7H,4-6H2,1-3H3;5H2,1-4H3;3*6H,4-5H2,1-3H3;3-6H2,1-2H3;1-4H3;5*5H,4H2,1-3H3;3-5H2,1-2H3;4H,1-3H3;2*3-4H2,1-2H3;3H2,1-2H3;2*1-2H2;1H4. The number of hydrogen-bond donors (Lipinski definition) is 0. The van der Waals surface area contributed by atoms with Gasteiger partial charge in [-0.05, 0) is 387 Å². The van der Waals surface area contributed by atoms with Gasteiger partial charge in [-0.25, -0.2) is 0 Å². The number of unbranched alkanes of at least 4 members (excludes halogenated alkanes) is 2. The van der Waals surface area contributed by atoms with Crippen molar-refractivity contribution in [2.75, 3.05) is 161 Å². The van der Waals surface area contributed by atoms with E-state index in [9.17, 15) is 0 Å². The van der Waals surface area contributed by atoms with Crippen molar-refractivity contribution in [2.24, 2.45) is 0 Å². The van der Waals surface area contributed by atoms with Gasteiger partial charge in [-0.3, -0.25) is 0 Å². The molecule has 0 spiro atoms. The van der Waals surface area contributed by atoms with Crippen molar-refractivity contribution >= 4 is 0 Å². The normalized spacial score (nSPS) is 12.6. The van der Waals surface area contributed by atoms with Crippen molar-refractivity contribution in [3.05, 3.63) is 26.3 Å². The van der Waals surface area contributed by atoms with E-state index >= 15 is 0 Å². The Hall–Kier alpha value is -1.36. The molecule has 21 nitrogen and oxygen atoms in total. The summed E-state index contributed by atoms with van der Waals surface area (Å²) < 4.78 is 107. The van der Waals surface area contributed by atoms with Crippen molar-refractivity contribution in [1.29, 1.82) is 0 Å². The summed E-state index contributed by atoms with van der Waals surface area (Å²) in [5, 5.41) is 0. The van der Waals surface area contributed by atoms with Crippen LogP contribution in [0, 0.1) is 0 Å². The lowest BCUT2D eigenvalue weighted by atomic mass is 9.98. The first-order valence-corrected chi connectivity index (χ1v) is 59.2. The molecule has 0 N–H and O–H groups in total. The van der Waals surface area contributed by atoms with E-state index in [1.807, 2.05) is 187 Å². The highest BCUT2D eigenvalue weighted by Crippen LogP contribution is 2.23. The number of rotatable bonds is 52. The molecule has 0 aromatic rings. The first kappa shape index (κ1) is 199. The molecule has 922 valence electrons. The minimum Gasteiger partial charge on any atom is -0.385 e. The van der Waals surface area contributed by atoms with Gasteiger partial charge in [0.1, 0.15) is 0 Å². The maximum absolute atomic E-state index is 5.69. The Balaban J connectivity index is -0.0000000559. The summed E-state index contributed by atoms with van der Waals surface area (Å²) in [6.07, 6.45) is 39.2. The summed E-state index contributed by atoms with van der Waals surface area (Å²) in [4.78, 5) is 0. The Morgan fingerprint density at radius 2 is 0.463 bits per heavy atom. The smallest absolute Gasteiger partial charge is 0.0598 e. The van der Waals surface area contributed by atoms with E-state index in [2.05, 4.69) is 211 Å². The molecule has 0 aliphatic heterocycles. The fourth-order valence-electron chi connectivity index (χ4n) is 9.51. The fourth-order valence-corrected chi connectivity index (χ4v) is 9.51. The van der Waals surface area contributed by atoms with Crippen LogP contribution in [0.5, 0.6) is 0 Å².